The zero-order valence-corrected chi connectivity index (χ0v) is 11.0. The van der Waals surface area contributed by atoms with Gasteiger partial charge in [0.25, 0.3) is 0 Å². The number of alkyl halides is 1. The van der Waals surface area contributed by atoms with E-state index in [0.29, 0.717) is 0 Å². The molecule has 0 atom stereocenters. The number of hydrogen-bond acceptors (Lipinski definition) is 5. The van der Waals surface area contributed by atoms with Crippen LogP contribution in [0.5, 0.6) is 0 Å². The summed E-state index contributed by atoms with van der Waals surface area (Å²) in [6, 6.07) is 0. The first kappa shape index (κ1) is 11.5. The van der Waals surface area contributed by atoms with Gasteiger partial charge in [-0.25, -0.2) is 0 Å². The van der Waals surface area contributed by atoms with Gasteiger partial charge in [0.15, 0.2) is 1.42 Å². The molecule has 0 fully saturated rings. The fourth-order valence-electron chi connectivity index (χ4n) is 0.753. The Morgan fingerprint density at radius 1 is 1.33 bits per heavy atom. The van der Waals surface area contributed by atoms with E-state index in [1.807, 2.05) is 6.26 Å². The minimum Gasteiger partial charge on any atom is -0.391 e. The largest absolute Gasteiger partial charge is 0.391 e. The van der Waals surface area contributed by atoms with E-state index in [1.165, 1.54) is 0 Å². The summed E-state index contributed by atoms with van der Waals surface area (Å²) >= 11 is 7.31. The zero-order chi connectivity index (χ0) is 9.19. The standard InChI is InChI=1S/C6H9IO2S3/c1-10-6(7)11-4(2-8)5(3-9)12-6/h8-9H,2-3H2,1H3. The van der Waals surface area contributed by atoms with Gasteiger partial charge in [0.2, 0.25) is 0 Å². The molecule has 1 rings (SSSR count). The van der Waals surface area contributed by atoms with Gasteiger partial charge < -0.3 is 10.2 Å². The Labute approximate surface area is 98.1 Å². The molecule has 0 aliphatic carbocycles. The normalized spacial score (nSPS) is 22.0. The maximum atomic E-state index is 8.98. The van der Waals surface area contributed by atoms with Crippen LogP contribution in [0.1, 0.15) is 0 Å². The first-order chi connectivity index (χ1) is 5.65. The lowest BCUT2D eigenvalue weighted by molar-refractivity contribution is 0.324. The summed E-state index contributed by atoms with van der Waals surface area (Å²) in [6.07, 6.45) is 2.03. The SMILES string of the molecule is CSC1(I)SC(CO)=C(CO)S1. The number of halogens is 1. The van der Waals surface area contributed by atoms with E-state index in [2.05, 4.69) is 22.6 Å². The summed E-state index contributed by atoms with van der Waals surface area (Å²) in [5.41, 5.74) is 0. The predicted molar refractivity (Wildman–Crippen MR) is 66.6 cm³/mol. The quantitative estimate of drug-likeness (QED) is 0.610. The fourth-order valence-corrected chi connectivity index (χ4v) is 5.71. The molecule has 0 aromatic heterocycles. The second-order valence-electron chi connectivity index (χ2n) is 2.05. The molecule has 2 nitrogen and oxygen atoms in total. The minimum absolute atomic E-state index is 0.00782. The van der Waals surface area contributed by atoms with Crippen molar-refractivity contribution in [1.29, 1.82) is 0 Å². The molecule has 0 amide bonds. The van der Waals surface area contributed by atoms with Gasteiger partial charge >= 0.3 is 0 Å². The number of aliphatic hydroxyl groups excluding tert-OH is 2. The summed E-state index contributed by atoms with van der Waals surface area (Å²) in [5, 5.41) is 18.0. The van der Waals surface area contributed by atoms with Gasteiger partial charge in [-0.15, -0.1) is 11.8 Å². The molecule has 0 unspecified atom stereocenters. The van der Waals surface area contributed by atoms with E-state index in [0.717, 1.165) is 9.81 Å². The van der Waals surface area contributed by atoms with Crippen molar-refractivity contribution in [2.75, 3.05) is 19.5 Å². The summed E-state index contributed by atoms with van der Waals surface area (Å²) < 4.78 is 0.00782. The molecule has 0 aromatic rings. The van der Waals surface area contributed by atoms with Crippen molar-refractivity contribution in [3.05, 3.63) is 9.81 Å². The van der Waals surface area contributed by atoms with Gasteiger partial charge in [-0.05, 0) is 28.8 Å². The Morgan fingerprint density at radius 3 is 2.00 bits per heavy atom. The van der Waals surface area contributed by atoms with Crippen molar-refractivity contribution in [2.45, 2.75) is 1.42 Å². The third kappa shape index (κ3) is 2.48. The van der Waals surface area contributed by atoms with Crippen molar-refractivity contribution in [3.63, 3.8) is 0 Å². The maximum Gasteiger partial charge on any atom is 0.166 e. The van der Waals surface area contributed by atoms with Crippen LogP contribution in [0.15, 0.2) is 9.81 Å². The van der Waals surface area contributed by atoms with Gasteiger partial charge in [0, 0.05) is 9.81 Å². The lowest BCUT2D eigenvalue weighted by atomic mass is 10.5. The van der Waals surface area contributed by atoms with Crippen molar-refractivity contribution in [1.82, 2.24) is 0 Å². The number of rotatable bonds is 3. The molecule has 1 aliphatic rings. The van der Waals surface area contributed by atoms with Crippen LogP contribution in [0.3, 0.4) is 0 Å². The van der Waals surface area contributed by atoms with Crippen LogP contribution in [0.2, 0.25) is 0 Å². The van der Waals surface area contributed by atoms with Gasteiger partial charge in [-0.1, -0.05) is 23.5 Å². The molecule has 70 valence electrons. The Hall–Kier alpha value is 1.44. The Kier molecular flexibility index (Phi) is 4.59. The van der Waals surface area contributed by atoms with Gasteiger partial charge in [0.1, 0.15) is 0 Å². The third-order valence-electron chi connectivity index (χ3n) is 1.33. The number of thioether (sulfide) groups is 3. The summed E-state index contributed by atoms with van der Waals surface area (Å²) in [6.45, 7) is 0.0811. The lowest BCUT2D eigenvalue weighted by Crippen LogP contribution is -1.98. The fraction of sp³-hybridized carbons (Fsp3) is 0.667. The van der Waals surface area contributed by atoms with Crippen LogP contribution in [0.25, 0.3) is 0 Å². The van der Waals surface area contributed by atoms with Crippen molar-refractivity contribution < 1.29 is 10.2 Å². The molecule has 12 heavy (non-hydrogen) atoms. The van der Waals surface area contributed by atoms with Crippen LogP contribution in [0, 0.1) is 0 Å². The molecular weight excluding hydrogens is 327 g/mol. The van der Waals surface area contributed by atoms with Crippen LogP contribution in [-0.4, -0.2) is 31.1 Å². The predicted octanol–water partition coefficient (Wildman–Crippen LogP) is 2.07. The van der Waals surface area contributed by atoms with E-state index in [9.17, 15) is 0 Å². The molecule has 0 radical (unpaired) electrons. The van der Waals surface area contributed by atoms with Gasteiger partial charge in [-0.2, -0.15) is 0 Å². The topological polar surface area (TPSA) is 40.5 Å². The van der Waals surface area contributed by atoms with Crippen molar-refractivity contribution >= 4 is 57.9 Å². The smallest absolute Gasteiger partial charge is 0.166 e. The van der Waals surface area contributed by atoms with Gasteiger partial charge in [-0.3, -0.25) is 0 Å². The van der Waals surface area contributed by atoms with E-state index < -0.39 is 0 Å². The molecule has 1 aliphatic heterocycles. The van der Waals surface area contributed by atoms with Crippen LogP contribution in [0.4, 0.5) is 0 Å². The highest BCUT2D eigenvalue weighted by Crippen LogP contribution is 2.62. The minimum atomic E-state index is 0.00782. The van der Waals surface area contributed by atoms with E-state index in [-0.39, 0.29) is 14.6 Å². The van der Waals surface area contributed by atoms with Crippen LogP contribution < -0.4 is 0 Å². The van der Waals surface area contributed by atoms with Crippen LogP contribution in [-0.2, 0) is 0 Å². The highest BCUT2D eigenvalue weighted by atomic mass is 127. The molecule has 0 spiro atoms. The molecule has 6 heteroatoms. The molecule has 0 saturated heterocycles. The summed E-state index contributed by atoms with van der Waals surface area (Å²) in [7, 11) is 0. The molecule has 0 saturated carbocycles. The Balaban J connectivity index is 2.71. The summed E-state index contributed by atoms with van der Waals surface area (Å²) in [5.74, 6) is 0. The first-order valence-electron chi connectivity index (χ1n) is 3.21. The third-order valence-corrected chi connectivity index (χ3v) is 8.32. The summed E-state index contributed by atoms with van der Waals surface area (Å²) in [4.78, 5) is 1.82. The Morgan fingerprint density at radius 2 is 1.75 bits per heavy atom. The Bertz CT molecular complexity index is 191. The molecule has 0 aromatic carbocycles. The lowest BCUT2D eigenvalue weighted by Gasteiger charge is -2.16. The number of aliphatic hydroxyl groups is 2. The number of hydrogen-bond donors (Lipinski definition) is 2. The second-order valence-corrected chi connectivity index (χ2v) is 10.3. The average molecular weight is 336 g/mol. The van der Waals surface area contributed by atoms with Gasteiger partial charge in [0.05, 0.1) is 13.2 Å². The maximum absolute atomic E-state index is 8.98. The van der Waals surface area contributed by atoms with E-state index in [4.69, 9.17) is 10.2 Å². The van der Waals surface area contributed by atoms with Crippen LogP contribution >= 0.6 is 57.9 Å². The molecule has 2 N–H and O–H groups in total. The first-order valence-corrected chi connectivity index (χ1v) is 7.14. The van der Waals surface area contributed by atoms with E-state index in [1.54, 1.807) is 35.3 Å². The molecule has 0 bridgehead atoms. The molecular formula is C6H9IO2S3. The highest BCUT2D eigenvalue weighted by molar-refractivity contribution is 14.1. The average Bonchev–Trinajstić information content (AvgIpc) is 2.43. The monoisotopic (exact) mass is 336 g/mol. The second kappa shape index (κ2) is 4.79. The van der Waals surface area contributed by atoms with Crippen molar-refractivity contribution in [3.8, 4) is 0 Å². The molecule has 1 heterocycles. The van der Waals surface area contributed by atoms with Crippen molar-refractivity contribution in [2.24, 2.45) is 0 Å². The van der Waals surface area contributed by atoms with E-state index >= 15 is 0 Å². The zero-order valence-electron chi connectivity index (χ0n) is 6.41. The highest BCUT2D eigenvalue weighted by Gasteiger charge is 2.37.